The summed E-state index contributed by atoms with van der Waals surface area (Å²) in [5.74, 6) is -0.509. The van der Waals surface area contributed by atoms with Gasteiger partial charge in [-0.15, -0.1) is 11.3 Å². The van der Waals surface area contributed by atoms with E-state index in [0.29, 0.717) is 44.4 Å². The molecule has 2 aliphatic heterocycles. The number of urea groups is 1. The molecule has 0 radical (unpaired) electrons. The number of ether oxygens (including phenoxy) is 1. The van der Waals surface area contributed by atoms with Gasteiger partial charge in [-0.2, -0.15) is 0 Å². The molecule has 2 fully saturated rings. The van der Waals surface area contributed by atoms with Crippen molar-refractivity contribution in [2.24, 2.45) is 0 Å². The molecule has 170 valence electrons. The Morgan fingerprint density at radius 1 is 1.16 bits per heavy atom. The van der Waals surface area contributed by atoms with Crippen LogP contribution >= 0.6 is 11.3 Å². The fraction of sp³-hybridized carbons (Fsp3) is 0.455. The molecule has 9 nitrogen and oxygen atoms in total. The maximum absolute atomic E-state index is 13.0. The van der Waals surface area contributed by atoms with Crippen molar-refractivity contribution in [2.75, 3.05) is 38.2 Å². The molecule has 10 heteroatoms. The smallest absolute Gasteiger partial charge is 0.318 e. The van der Waals surface area contributed by atoms with Gasteiger partial charge in [0.1, 0.15) is 12.1 Å². The monoisotopic (exact) mass is 457 g/mol. The third-order valence-electron chi connectivity index (χ3n) is 5.65. The van der Waals surface area contributed by atoms with Crippen molar-refractivity contribution in [1.82, 2.24) is 20.1 Å². The van der Waals surface area contributed by atoms with E-state index in [-0.39, 0.29) is 17.8 Å². The lowest BCUT2D eigenvalue weighted by atomic mass is 10.2. The fourth-order valence-corrected chi connectivity index (χ4v) is 4.64. The Morgan fingerprint density at radius 2 is 1.91 bits per heavy atom. The van der Waals surface area contributed by atoms with Crippen LogP contribution in [-0.4, -0.2) is 77.6 Å². The summed E-state index contributed by atoms with van der Waals surface area (Å²) in [5, 5.41) is 8.01. The Morgan fingerprint density at radius 3 is 2.66 bits per heavy atom. The number of benzene rings is 1. The number of hydrogen-bond donors (Lipinski definition) is 2. The Labute approximate surface area is 190 Å². The van der Waals surface area contributed by atoms with Crippen LogP contribution in [0.1, 0.15) is 19.8 Å². The van der Waals surface area contributed by atoms with Crippen LogP contribution in [0.2, 0.25) is 0 Å². The van der Waals surface area contributed by atoms with E-state index in [1.165, 1.54) is 11.3 Å². The molecule has 4 rings (SSSR count). The van der Waals surface area contributed by atoms with Crippen LogP contribution in [0, 0.1) is 0 Å². The van der Waals surface area contributed by atoms with Gasteiger partial charge in [-0.05, 0) is 19.8 Å². The van der Waals surface area contributed by atoms with Gasteiger partial charge in [-0.25, -0.2) is 9.78 Å². The second-order valence-corrected chi connectivity index (χ2v) is 8.71. The number of amides is 4. The number of carbonyl (C=O) groups is 3. The predicted octanol–water partition coefficient (Wildman–Crippen LogP) is 2.17. The summed E-state index contributed by atoms with van der Waals surface area (Å²) in [6, 6.07) is 8.16. The first-order valence-corrected chi connectivity index (χ1v) is 11.7. The molecule has 2 saturated heterocycles. The number of likely N-dealkylation sites (tertiary alicyclic amines) is 1. The van der Waals surface area contributed by atoms with Crippen LogP contribution in [0.3, 0.4) is 0 Å². The highest BCUT2D eigenvalue weighted by atomic mass is 32.1. The Balaban J connectivity index is 1.35. The third kappa shape index (κ3) is 5.08. The Bertz CT molecular complexity index is 960. The lowest BCUT2D eigenvalue weighted by Crippen LogP contribution is -2.55. The summed E-state index contributed by atoms with van der Waals surface area (Å²) in [6.07, 6.45) is 1.32. The molecule has 4 amide bonds. The number of nitrogens with one attached hydrogen (secondary N) is 2. The Kier molecular flexibility index (Phi) is 7.01. The molecule has 2 atom stereocenters. The van der Waals surface area contributed by atoms with Gasteiger partial charge in [-0.1, -0.05) is 30.3 Å². The zero-order valence-corrected chi connectivity index (χ0v) is 18.8. The molecule has 3 heterocycles. The fourth-order valence-electron chi connectivity index (χ4n) is 3.92. The number of hydrogen-bond acceptors (Lipinski definition) is 6. The van der Waals surface area contributed by atoms with Crippen molar-refractivity contribution >= 4 is 34.3 Å². The average Bonchev–Trinajstić information content (AvgIpc) is 3.49. The molecule has 32 heavy (non-hydrogen) atoms. The van der Waals surface area contributed by atoms with E-state index < -0.39 is 12.1 Å². The zero-order chi connectivity index (χ0) is 22.5. The summed E-state index contributed by atoms with van der Waals surface area (Å²) >= 11 is 1.35. The van der Waals surface area contributed by atoms with Crippen molar-refractivity contribution < 1.29 is 19.1 Å². The first-order valence-electron chi connectivity index (χ1n) is 10.8. The lowest BCUT2D eigenvalue weighted by Gasteiger charge is -2.30. The number of nitrogens with zero attached hydrogens (tertiary/aromatic N) is 3. The van der Waals surface area contributed by atoms with E-state index in [0.717, 1.165) is 17.7 Å². The van der Waals surface area contributed by atoms with Crippen molar-refractivity contribution in [3.63, 3.8) is 0 Å². The SMILES string of the molecule is C[C@@H](NC(=O)N1CCOCC1)C(=O)N1CCC[C@H]1C(=O)Nc1nc(-c2ccccc2)cs1. The molecular formula is C22H27N5O4S. The Hall–Kier alpha value is -2.98. The number of thiazole rings is 1. The molecule has 2 aliphatic rings. The molecule has 0 saturated carbocycles. The topological polar surface area (TPSA) is 104 Å². The van der Waals surface area contributed by atoms with Crippen LogP contribution in [0.5, 0.6) is 0 Å². The lowest BCUT2D eigenvalue weighted by molar-refractivity contribution is -0.137. The minimum atomic E-state index is -0.719. The third-order valence-corrected chi connectivity index (χ3v) is 6.41. The molecule has 2 N–H and O–H groups in total. The quantitative estimate of drug-likeness (QED) is 0.716. The molecule has 1 aromatic heterocycles. The second-order valence-electron chi connectivity index (χ2n) is 7.85. The number of rotatable bonds is 5. The second kappa shape index (κ2) is 10.1. The van der Waals surface area contributed by atoms with Gasteiger partial charge in [0.15, 0.2) is 5.13 Å². The molecular weight excluding hydrogens is 430 g/mol. The highest BCUT2D eigenvalue weighted by Gasteiger charge is 2.37. The van der Waals surface area contributed by atoms with Crippen molar-refractivity contribution in [1.29, 1.82) is 0 Å². The highest BCUT2D eigenvalue weighted by Crippen LogP contribution is 2.26. The first-order chi connectivity index (χ1) is 15.5. The van der Waals surface area contributed by atoms with Crippen LogP contribution in [0.4, 0.5) is 9.93 Å². The molecule has 2 aromatic rings. The van der Waals surface area contributed by atoms with Gasteiger partial charge in [0.2, 0.25) is 11.8 Å². The minimum Gasteiger partial charge on any atom is -0.378 e. The molecule has 0 unspecified atom stereocenters. The molecule has 0 spiro atoms. The summed E-state index contributed by atoms with van der Waals surface area (Å²) < 4.78 is 5.25. The number of anilines is 1. The summed E-state index contributed by atoms with van der Waals surface area (Å²) in [7, 11) is 0. The van der Waals surface area contributed by atoms with E-state index >= 15 is 0 Å². The summed E-state index contributed by atoms with van der Waals surface area (Å²) in [4.78, 5) is 46.0. The van der Waals surface area contributed by atoms with Gasteiger partial charge < -0.3 is 25.2 Å². The average molecular weight is 458 g/mol. The van der Waals surface area contributed by atoms with Crippen molar-refractivity contribution in [3.05, 3.63) is 35.7 Å². The first kappa shape index (κ1) is 22.2. The van der Waals surface area contributed by atoms with Crippen LogP contribution in [0.25, 0.3) is 11.3 Å². The normalized spacial score (nSPS) is 19.5. The largest absolute Gasteiger partial charge is 0.378 e. The van der Waals surface area contributed by atoms with Gasteiger partial charge in [0.05, 0.1) is 18.9 Å². The number of carbonyl (C=O) groups excluding carboxylic acids is 3. The van der Waals surface area contributed by atoms with Crippen LogP contribution < -0.4 is 10.6 Å². The van der Waals surface area contributed by atoms with E-state index in [1.54, 1.807) is 16.7 Å². The van der Waals surface area contributed by atoms with Crippen molar-refractivity contribution in [2.45, 2.75) is 31.8 Å². The maximum atomic E-state index is 13.0. The number of aromatic nitrogens is 1. The van der Waals surface area contributed by atoms with E-state index in [9.17, 15) is 14.4 Å². The minimum absolute atomic E-state index is 0.253. The van der Waals surface area contributed by atoms with Crippen LogP contribution in [0.15, 0.2) is 35.7 Å². The van der Waals surface area contributed by atoms with Crippen molar-refractivity contribution in [3.8, 4) is 11.3 Å². The standard InChI is InChI=1S/C22H27N5O4S/c1-15(23-22(30)26-10-12-31-13-11-26)20(29)27-9-5-8-18(27)19(28)25-21-24-17(14-32-21)16-6-3-2-4-7-16/h2-4,6-7,14-15,18H,5,8-13H2,1H3,(H,23,30)(H,24,25,28)/t15-,18+/m1/s1. The maximum Gasteiger partial charge on any atom is 0.318 e. The van der Waals surface area contributed by atoms with Gasteiger partial charge in [0.25, 0.3) is 0 Å². The predicted molar refractivity (Wildman–Crippen MR) is 121 cm³/mol. The molecule has 0 aliphatic carbocycles. The summed E-state index contributed by atoms with van der Waals surface area (Å²) in [5.41, 5.74) is 1.77. The van der Waals surface area contributed by atoms with Gasteiger partial charge in [-0.3, -0.25) is 9.59 Å². The van der Waals surface area contributed by atoms with Gasteiger partial charge in [0, 0.05) is 30.6 Å². The van der Waals surface area contributed by atoms with E-state index in [1.807, 2.05) is 35.7 Å². The van der Waals surface area contributed by atoms with E-state index in [2.05, 4.69) is 15.6 Å². The molecule has 0 bridgehead atoms. The van der Waals surface area contributed by atoms with Crippen LogP contribution in [-0.2, 0) is 14.3 Å². The number of morpholine rings is 1. The highest BCUT2D eigenvalue weighted by molar-refractivity contribution is 7.14. The van der Waals surface area contributed by atoms with Gasteiger partial charge >= 0.3 is 6.03 Å². The zero-order valence-electron chi connectivity index (χ0n) is 18.0. The summed E-state index contributed by atoms with van der Waals surface area (Å²) in [6.45, 7) is 4.13. The van der Waals surface area contributed by atoms with E-state index in [4.69, 9.17) is 4.74 Å². The molecule has 1 aromatic carbocycles.